The zero-order chi connectivity index (χ0) is 32.2. The summed E-state index contributed by atoms with van der Waals surface area (Å²) in [5.41, 5.74) is 5.60. The number of hydrogen-bond donors (Lipinski definition) is 3. The number of carbonyl (C=O) groups is 1. The van der Waals surface area contributed by atoms with Crippen molar-refractivity contribution in [2.45, 2.75) is 38.1 Å². The number of carboxylic acid groups (broad SMARTS) is 1. The van der Waals surface area contributed by atoms with Crippen molar-refractivity contribution in [2.75, 3.05) is 19.8 Å². The topological polar surface area (TPSA) is 143 Å². The lowest BCUT2D eigenvalue weighted by Crippen LogP contribution is -2.39. The van der Waals surface area contributed by atoms with Gasteiger partial charge in [-0.2, -0.15) is 5.26 Å². The van der Waals surface area contributed by atoms with E-state index in [2.05, 4.69) is 16.4 Å². The first-order valence-corrected chi connectivity index (χ1v) is 15.3. The highest BCUT2D eigenvalue weighted by Crippen LogP contribution is 2.47. The molecule has 3 aromatic carbocycles. The van der Waals surface area contributed by atoms with Gasteiger partial charge >= 0.3 is 5.97 Å². The lowest BCUT2D eigenvalue weighted by Gasteiger charge is -2.22. The standard InChI is InChI=1S/C34H29Cl2N3O7/c35-26-11-21(16-39-27(17-40)34(41)42)30(45-18-20-10-19(13-37)14-38-15-20)12-31(26)46-28-6-4-23-22(2-1-3-24(23)28)25-5-7-29-33(32(25)36)44-9-8-43-29/h1-3,5,7,10-12,14-15,27-28,39-40H,4,6,8-9,16-18H2,(H,41,42)/t27-,28-/m0/s1. The molecule has 3 N–H and O–H groups in total. The van der Waals surface area contributed by atoms with Gasteiger partial charge in [-0.25, -0.2) is 0 Å². The third-order valence-electron chi connectivity index (χ3n) is 7.88. The van der Waals surface area contributed by atoms with Crippen LogP contribution in [0, 0.1) is 11.3 Å². The normalized spacial score (nSPS) is 15.5. The number of benzene rings is 3. The molecule has 2 atom stereocenters. The van der Waals surface area contributed by atoms with E-state index in [4.69, 9.17) is 42.1 Å². The van der Waals surface area contributed by atoms with E-state index in [1.54, 1.807) is 24.4 Å². The maximum absolute atomic E-state index is 11.5. The van der Waals surface area contributed by atoms with E-state index in [0.29, 0.717) is 69.4 Å². The van der Waals surface area contributed by atoms with Crippen LogP contribution in [0.5, 0.6) is 23.0 Å². The first-order valence-electron chi connectivity index (χ1n) is 14.6. The number of halogens is 2. The van der Waals surface area contributed by atoms with Gasteiger partial charge in [-0.15, -0.1) is 0 Å². The largest absolute Gasteiger partial charge is 0.488 e. The second kappa shape index (κ2) is 13.8. The van der Waals surface area contributed by atoms with Crippen molar-refractivity contribution in [1.29, 1.82) is 5.26 Å². The maximum Gasteiger partial charge on any atom is 0.323 e. The molecule has 1 aliphatic heterocycles. The summed E-state index contributed by atoms with van der Waals surface area (Å²) < 4.78 is 24.1. The Morgan fingerprint density at radius 3 is 2.76 bits per heavy atom. The molecular weight excluding hydrogens is 633 g/mol. The summed E-state index contributed by atoms with van der Waals surface area (Å²) >= 11 is 13.5. The molecule has 0 amide bonds. The Morgan fingerprint density at radius 2 is 1.96 bits per heavy atom. The van der Waals surface area contributed by atoms with Crippen molar-refractivity contribution in [3.05, 3.63) is 98.8 Å². The van der Waals surface area contributed by atoms with Gasteiger partial charge in [0.2, 0.25) is 0 Å². The Balaban J connectivity index is 1.28. The highest BCUT2D eigenvalue weighted by Gasteiger charge is 2.29. The quantitative estimate of drug-likeness (QED) is 0.178. The van der Waals surface area contributed by atoms with Crippen molar-refractivity contribution in [3.63, 3.8) is 0 Å². The molecule has 0 fully saturated rings. The van der Waals surface area contributed by atoms with Crippen LogP contribution in [0.1, 0.15) is 40.3 Å². The number of aliphatic hydroxyl groups is 1. The van der Waals surface area contributed by atoms with Crippen LogP contribution >= 0.6 is 23.2 Å². The summed E-state index contributed by atoms with van der Waals surface area (Å²) in [6.07, 6.45) is 4.21. The molecule has 12 heteroatoms. The van der Waals surface area contributed by atoms with Crippen LogP contribution in [0.2, 0.25) is 10.0 Å². The van der Waals surface area contributed by atoms with Gasteiger partial charge in [-0.3, -0.25) is 15.1 Å². The smallest absolute Gasteiger partial charge is 0.323 e. The Kier molecular flexibility index (Phi) is 9.47. The number of aromatic nitrogens is 1. The Labute approximate surface area is 275 Å². The van der Waals surface area contributed by atoms with E-state index < -0.39 is 18.6 Å². The van der Waals surface area contributed by atoms with E-state index in [1.165, 1.54) is 6.20 Å². The summed E-state index contributed by atoms with van der Waals surface area (Å²) in [7, 11) is 0. The van der Waals surface area contributed by atoms with Crippen LogP contribution in [0.4, 0.5) is 0 Å². The molecular formula is C34H29Cl2N3O7. The number of hydrogen-bond acceptors (Lipinski definition) is 9. The molecule has 10 nitrogen and oxygen atoms in total. The lowest BCUT2D eigenvalue weighted by atomic mass is 9.96. The number of rotatable bonds is 11. The Morgan fingerprint density at radius 1 is 1.11 bits per heavy atom. The van der Waals surface area contributed by atoms with Gasteiger partial charge in [-0.1, -0.05) is 41.4 Å². The molecule has 0 radical (unpaired) electrons. The van der Waals surface area contributed by atoms with E-state index in [0.717, 1.165) is 28.7 Å². The number of carboxylic acids is 1. The second-order valence-electron chi connectivity index (χ2n) is 10.8. The molecule has 4 aromatic rings. The van der Waals surface area contributed by atoms with Crippen molar-refractivity contribution in [3.8, 4) is 40.2 Å². The fraction of sp³-hybridized carbons (Fsp3) is 0.265. The number of aliphatic hydroxyl groups excluding tert-OH is 1. The minimum Gasteiger partial charge on any atom is -0.488 e. The van der Waals surface area contributed by atoms with Crippen molar-refractivity contribution < 1.29 is 34.0 Å². The van der Waals surface area contributed by atoms with E-state index in [1.807, 2.05) is 30.3 Å². The summed E-state index contributed by atoms with van der Waals surface area (Å²) in [6.45, 7) is 0.463. The van der Waals surface area contributed by atoms with Gasteiger partial charge in [-0.05, 0) is 53.8 Å². The molecule has 2 heterocycles. The SMILES string of the molecule is N#Cc1cncc(COc2cc(O[C@H]3CCc4c(-c5ccc6c(c5Cl)OCCO6)cccc43)c(Cl)cc2CN[C@@H](CO)C(=O)O)c1. The highest BCUT2D eigenvalue weighted by molar-refractivity contribution is 6.35. The summed E-state index contributed by atoms with van der Waals surface area (Å²) in [5, 5.41) is 31.7. The van der Waals surface area contributed by atoms with Crippen LogP contribution in [0.25, 0.3) is 11.1 Å². The van der Waals surface area contributed by atoms with Gasteiger partial charge in [0.1, 0.15) is 49.5 Å². The van der Waals surface area contributed by atoms with Crippen LogP contribution < -0.4 is 24.3 Å². The molecule has 0 unspecified atom stereocenters. The zero-order valence-electron chi connectivity index (χ0n) is 24.5. The third-order valence-corrected chi connectivity index (χ3v) is 8.55. The fourth-order valence-electron chi connectivity index (χ4n) is 5.62. The predicted octanol–water partition coefficient (Wildman–Crippen LogP) is 5.88. The number of nitriles is 1. The number of nitrogens with one attached hydrogen (secondary N) is 1. The monoisotopic (exact) mass is 661 g/mol. The number of ether oxygens (including phenoxy) is 4. The van der Waals surface area contributed by atoms with Crippen molar-refractivity contribution in [2.24, 2.45) is 0 Å². The molecule has 0 bridgehead atoms. The van der Waals surface area contributed by atoms with Crippen LogP contribution in [-0.4, -0.2) is 47.0 Å². The molecule has 0 saturated heterocycles. The average molecular weight is 663 g/mol. The first-order chi connectivity index (χ1) is 22.4. The van der Waals surface area contributed by atoms with E-state index in [-0.39, 0.29) is 19.3 Å². The molecule has 46 heavy (non-hydrogen) atoms. The number of aliphatic carboxylic acids is 1. The van der Waals surface area contributed by atoms with Gasteiger partial charge in [0, 0.05) is 41.7 Å². The predicted molar refractivity (Wildman–Crippen MR) is 170 cm³/mol. The summed E-state index contributed by atoms with van der Waals surface area (Å²) in [5.74, 6) is 0.774. The summed E-state index contributed by atoms with van der Waals surface area (Å²) in [4.78, 5) is 15.5. The molecule has 6 rings (SSSR count). The van der Waals surface area contributed by atoms with Crippen LogP contribution in [-0.2, 0) is 24.4 Å². The van der Waals surface area contributed by atoms with Gasteiger partial charge in [0.15, 0.2) is 11.5 Å². The molecule has 1 aliphatic carbocycles. The minimum atomic E-state index is -1.19. The van der Waals surface area contributed by atoms with Gasteiger partial charge in [0.05, 0.1) is 22.2 Å². The molecule has 236 valence electrons. The second-order valence-corrected chi connectivity index (χ2v) is 11.6. The van der Waals surface area contributed by atoms with E-state index in [9.17, 15) is 20.3 Å². The minimum absolute atomic E-state index is 0.0509. The molecule has 2 aliphatic rings. The number of nitrogens with zero attached hydrogens (tertiary/aromatic N) is 2. The number of pyridine rings is 1. The zero-order valence-corrected chi connectivity index (χ0v) is 26.0. The van der Waals surface area contributed by atoms with Crippen LogP contribution in [0.3, 0.4) is 0 Å². The lowest BCUT2D eigenvalue weighted by molar-refractivity contribution is -0.140. The maximum atomic E-state index is 11.5. The fourth-order valence-corrected chi connectivity index (χ4v) is 6.17. The summed E-state index contributed by atoms with van der Waals surface area (Å²) in [6, 6.07) is 15.7. The van der Waals surface area contributed by atoms with Crippen LogP contribution in [0.15, 0.2) is 60.9 Å². The van der Waals surface area contributed by atoms with Gasteiger partial charge in [0.25, 0.3) is 0 Å². The Hall–Kier alpha value is -4.53. The molecule has 0 saturated carbocycles. The van der Waals surface area contributed by atoms with Gasteiger partial charge < -0.3 is 29.2 Å². The molecule has 1 aromatic heterocycles. The third kappa shape index (κ3) is 6.55. The Bertz CT molecular complexity index is 1830. The number of fused-ring (bicyclic) bond motifs is 2. The molecule has 0 spiro atoms. The van der Waals surface area contributed by atoms with Crippen molar-refractivity contribution in [1.82, 2.24) is 10.3 Å². The average Bonchev–Trinajstić information content (AvgIpc) is 3.48. The highest BCUT2D eigenvalue weighted by atomic mass is 35.5. The first kappa shape index (κ1) is 31.5. The van der Waals surface area contributed by atoms with Crippen molar-refractivity contribution >= 4 is 29.2 Å². The van der Waals surface area contributed by atoms with E-state index >= 15 is 0 Å².